The molecule has 6 heteroatoms. The van der Waals surface area contributed by atoms with Crippen LogP contribution >= 0.6 is 0 Å². The van der Waals surface area contributed by atoms with Crippen molar-refractivity contribution in [2.24, 2.45) is 4.99 Å². The lowest BCUT2D eigenvalue weighted by Crippen LogP contribution is -2.08. The highest BCUT2D eigenvalue weighted by atomic mass is 19.4. The Balaban J connectivity index is 1.68. The summed E-state index contributed by atoms with van der Waals surface area (Å²) in [5.41, 5.74) is 2.71. The number of aliphatic imine (C=N–C) groups is 1. The van der Waals surface area contributed by atoms with Crippen LogP contribution in [-0.4, -0.2) is 16.0 Å². The van der Waals surface area contributed by atoms with Crippen LogP contribution in [0.1, 0.15) is 16.7 Å². The second-order valence-corrected chi connectivity index (χ2v) is 6.70. The molecule has 3 aromatic carbocycles. The SMILES string of the molecule is FC(F)(F)c1ccccc1CN=Cc1cn(-c2ccccc2)nc1-c1ccccc1. The van der Waals surface area contributed by atoms with E-state index in [4.69, 9.17) is 0 Å². The molecule has 0 saturated heterocycles. The van der Waals surface area contributed by atoms with Crippen molar-refractivity contribution < 1.29 is 13.2 Å². The average Bonchev–Trinajstić information content (AvgIpc) is 3.19. The monoisotopic (exact) mass is 405 g/mol. The van der Waals surface area contributed by atoms with Gasteiger partial charge in [0, 0.05) is 23.5 Å². The van der Waals surface area contributed by atoms with Crippen molar-refractivity contribution >= 4 is 6.21 Å². The zero-order valence-electron chi connectivity index (χ0n) is 15.9. The first-order valence-corrected chi connectivity index (χ1v) is 9.38. The fraction of sp³-hybridized carbons (Fsp3) is 0.0833. The first-order chi connectivity index (χ1) is 14.5. The lowest BCUT2D eigenvalue weighted by Gasteiger charge is -2.10. The van der Waals surface area contributed by atoms with Gasteiger partial charge in [-0.1, -0.05) is 66.7 Å². The Kier molecular flexibility index (Phi) is 5.48. The number of hydrogen-bond donors (Lipinski definition) is 0. The highest BCUT2D eigenvalue weighted by Gasteiger charge is 2.32. The third kappa shape index (κ3) is 4.33. The molecule has 0 N–H and O–H groups in total. The van der Waals surface area contributed by atoms with E-state index in [1.54, 1.807) is 17.0 Å². The minimum absolute atomic E-state index is 0.0690. The molecular formula is C24H18F3N3. The molecule has 0 unspecified atom stereocenters. The van der Waals surface area contributed by atoms with E-state index in [0.29, 0.717) is 5.69 Å². The Hall–Kier alpha value is -3.67. The molecule has 0 fully saturated rings. The summed E-state index contributed by atoms with van der Waals surface area (Å²) in [5, 5.41) is 4.68. The molecule has 150 valence electrons. The van der Waals surface area contributed by atoms with Gasteiger partial charge in [-0.15, -0.1) is 0 Å². The number of aromatic nitrogens is 2. The number of alkyl halides is 3. The van der Waals surface area contributed by atoms with Gasteiger partial charge in [-0.2, -0.15) is 18.3 Å². The molecule has 0 atom stereocenters. The summed E-state index contributed by atoms with van der Waals surface area (Å²) in [7, 11) is 0. The van der Waals surface area contributed by atoms with Gasteiger partial charge in [0.2, 0.25) is 0 Å². The number of nitrogens with zero attached hydrogens (tertiary/aromatic N) is 3. The van der Waals surface area contributed by atoms with E-state index in [9.17, 15) is 13.2 Å². The fourth-order valence-electron chi connectivity index (χ4n) is 3.19. The first-order valence-electron chi connectivity index (χ1n) is 9.38. The van der Waals surface area contributed by atoms with Gasteiger partial charge < -0.3 is 0 Å². The normalized spacial score (nSPS) is 11.8. The summed E-state index contributed by atoms with van der Waals surface area (Å²) in [6.07, 6.45) is -0.988. The van der Waals surface area contributed by atoms with E-state index in [2.05, 4.69) is 10.1 Å². The van der Waals surface area contributed by atoms with Crippen molar-refractivity contribution in [3.05, 3.63) is 108 Å². The first kappa shape index (κ1) is 19.6. The smallest absolute Gasteiger partial charge is 0.288 e. The molecule has 0 amide bonds. The Morgan fingerprint density at radius 3 is 2.17 bits per heavy atom. The van der Waals surface area contributed by atoms with Crippen molar-refractivity contribution in [3.8, 4) is 16.9 Å². The van der Waals surface area contributed by atoms with Crippen molar-refractivity contribution in [3.63, 3.8) is 0 Å². The molecule has 4 aromatic rings. The number of para-hydroxylation sites is 1. The van der Waals surface area contributed by atoms with Crippen molar-refractivity contribution in [2.75, 3.05) is 0 Å². The van der Waals surface area contributed by atoms with Crippen LogP contribution in [-0.2, 0) is 12.7 Å². The zero-order valence-corrected chi connectivity index (χ0v) is 15.9. The van der Waals surface area contributed by atoms with Crippen molar-refractivity contribution in [2.45, 2.75) is 12.7 Å². The van der Waals surface area contributed by atoms with Crippen LogP contribution in [0.15, 0.2) is 96.1 Å². The predicted octanol–water partition coefficient (Wildman–Crippen LogP) is 6.18. The van der Waals surface area contributed by atoms with E-state index in [0.717, 1.165) is 22.9 Å². The zero-order chi connectivity index (χ0) is 21.0. The van der Waals surface area contributed by atoms with Gasteiger partial charge >= 0.3 is 6.18 Å². The Morgan fingerprint density at radius 1 is 0.833 bits per heavy atom. The Labute approximate surface area is 172 Å². The molecule has 4 rings (SSSR count). The lowest BCUT2D eigenvalue weighted by atomic mass is 10.1. The van der Waals surface area contributed by atoms with Gasteiger partial charge in [0.05, 0.1) is 17.8 Å². The molecule has 0 saturated carbocycles. The quantitative estimate of drug-likeness (QED) is 0.365. The van der Waals surface area contributed by atoms with Crippen LogP contribution in [0.4, 0.5) is 13.2 Å². The highest BCUT2D eigenvalue weighted by molar-refractivity contribution is 5.88. The van der Waals surface area contributed by atoms with Crippen LogP contribution in [0.3, 0.4) is 0 Å². The molecule has 0 aliphatic carbocycles. The summed E-state index contributed by atoms with van der Waals surface area (Å²) < 4.78 is 41.4. The number of rotatable bonds is 5. The fourth-order valence-corrected chi connectivity index (χ4v) is 3.19. The van der Waals surface area contributed by atoms with Gasteiger partial charge in [-0.3, -0.25) is 4.99 Å². The van der Waals surface area contributed by atoms with Gasteiger partial charge in [-0.05, 0) is 23.8 Å². The Bertz CT molecular complexity index is 1150. The minimum Gasteiger partial charge on any atom is -0.288 e. The molecule has 0 aliphatic rings. The standard InChI is InChI=1S/C24H18F3N3/c25-24(26,27)22-14-8-7-11-19(22)15-28-16-20-17-30(21-12-5-2-6-13-21)29-23(20)18-9-3-1-4-10-18/h1-14,16-17H,15H2. The van der Waals surface area contributed by atoms with E-state index in [1.165, 1.54) is 12.1 Å². The second-order valence-electron chi connectivity index (χ2n) is 6.70. The Morgan fingerprint density at radius 2 is 1.47 bits per heavy atom. The molecule has 30 heavy (non-hydrogen) atoms. The molecule has 1 aromatic heterocycles. The maximum Gasteiger partial charge on any atom is 0.416 e. The summed E-state index contributed by atoms with van der Waals surface area (Å²) in [4.78, 5) is 4.30. The predicted molar refractivity (Wildman–Crippen MR) is 112 cm³/mol. The number of benzene rings is 3. The van der Waals surface area contributed by atoms with E-state index in [-0.39, 0.29) is 12.1 Å². The van der Waals surface area contributed by atoms with Gasteiger partial charge in [0.1, 0.15) is 5.69 Å². The molecule has 0 aliphatic heterocycles. The molecule has 1 heterocycles. The molecule has 0 spiro atoms. The van der Waals surface area contributed by atoms with Crippen molar-refractivity contribution in [1.29, 1.82) is 0 Å². The molecular weight excluding hydrogens is 387 g/mol. The van der Waals surface area contributed by atoms with E-state index >= 15 is 0 Å². The van der Waals surface area contributed by atoms with Crippen LogP contribution in [0.5, 0.6) is 0 Å². The third-order valence-electron chi connectivity index (χ3n) is 4.63. The van der Waals surface area contributed by atoms with Crippen LogP contribution < -0.4 is 0 Å². The van der Waals surface area contributed by atoms with Gasteiger partial charge in [0.15, 0.2) is 0 Å². The minimum atomic E-state index is -4.40. The second kappa shape index (κ2) is 8.37. The molecule has 0 radical (unpaired) electrons. The summed E-state index contributed by atoms with van der Waals surface area (Å²) in [6, 6.07) is 24.7. The largest absolute Gasteiger partial charge is 0.416 e. The molecule has 3 nitrogen and oxygen atoms in total. The summed E-state index contributed by atoms with van der Waals surface area (Å²) in [5.74, 6) is 0. The number of hydrogen-bond acceptors (Lipinski definition) is 2. The summed E-state index contributed by atoms with van der Waals surface area (Å²) >= 11 is 0. The van der Waals surface area contributed by atoms with Gasteiger partial charge in [-0.25, -0.2) is 4.68 Å². The lowest BCUT2D eigenvalue weighted by molar-refractivity contribution is -0.138. The highest BCUT2D eigenvalue weighted by Crippen LogP contribution is 2.32. The van der Waals surface area contributed by atoms with Crippen molar-refractivity contribution in [1.82, 2.24) is 9.78 Å². The molecule has 0 bridgehead atoms. The maximum atomic E-state index is 13.2. The van der Waals surface area contributed by atoms with Gasteiger partial charge in [0.25, 0.3) is 0 Å². The van der Waals surface area contributed by atoms with Crippen LogP contribution in [0.2, 0.25) is 0 Å². The number of halogens is 3. The summed E-state index contributed by atoms with van der Waals surface area (Å²) in [6.45, 7) is -0.0690. The topological polar surface area (TPSA) is 30.2 Å². The average molecular weight is 405 g/mol. The maximum absolute atomic E-state index is 13.2. The van der Waals surface area contributed by atoms with Crippen LogP contribution in [0.25, 0.3) is 16.9 Å². The van der Waals surface area contributed by atoms with E-state index in [1.807, 2.05) is 66.9 Å². The van der Waals surface area contributed by atoms with E-state index < -0.39 is 11.7 Å². The third-order valence-corrected chi connectivity index (χ3v) is 4.63. The van der Waals surface area contributed by atoms with Crippen LogP contribution in [0, 0.1) is 0 Å².